The average molecular weight is 806 g/mol. The molecule has 0 heterocycles. The lowest BCUT2D eigenvalue weighted by Crippen LogP contribution is -2.54. The van der Waals surface area contributed by atoms with Gasteiger partial charge in [0.05, 0.1) is 0 Å². The van der Waals surface area contributed by atoms with Crippen LogP contribution in [0.4, 0.5) is 0 Å². The molecule has 9 unspecified atom stereocenters. The molecule has 4 aliphatic carbocycles. The smallest absolute Gasteiger partial charge is 0.322 e. The molecule has 4 rings (SSSR count). The first-order chi connectivity index (χ1) is 28.1. The van der Waals surface area contributed by atoms with E-state index in [2.05, 4.69) is 69.5 Å². The molecule has 0 aromatic carbocycles. The molecule has 0 saturated heterocycles. The van der Waals surface area contributed by atoms with Crippen LogP contribution in [0.3, 0.4) is 0 Å². The molecule has 4 aliphatic rings. The minimum Gasteiger partial charge on any atom is -0.480 e. The van der Waals surface area contributed by atoms with E-state index in [4.69, 9.17) is 9.84 Å². The predicted molar refractivity (Wildman–Crippen MR) is 240 cm³/mol. The van der Waals surface area contributed by atoms with Gasteiger partial charge in [0.1, 0.15) is 12.6 Å². The summed E-state index contributed by atoms with van der Waals surface area (Å²) in [6.07, 6.45) is 48.1. The zero-order chi connectivity index (χ0) is 41.6. The molecular weight excluding hydrogens is 719 g/mol. The van der Waals surface area contributed by atoms with Crippen molar-refractivity contribution in [1.82, 2.24) is 5.32 Å². The number of carbonyl (C=O) groups is 3. The van der Waals surface area contributed by atoms with Crippen LogP contribution in [-0.2, 0) is 19.1 Å². The van der Waals surface area contributed by atoms with E-state index in [1.165, 1.54) is 128 Å². The summed E-state index contributed by atoms with van der Waals surface area (Å²) >= 11 is 0. The average Bonchev–Trinajstić information content (AvgIpc) is 3.57. The number of amides is 1. The van der Waals surface area contributed by atoms with E-state index in [1.807, 2.05) is 0 Å². The summed E-state index contributed by atoms with van der Waals surface area (Å²) in [6, 6.07) is 0. The molecular formula is C52H87NO5. The number of allylic oxidation sites excluding steroid dienone is 6. The van der Waals surface area contributed by atoms with Crippen molar-refractivity contribution in [3.63, 3.8) is 0 Å². The van der Waals surface area contributed by atoms with Gasteiger partial charge in [0.2, 0.25) is 5.91 Å². The molecule has 0 aromatic heterocycles. The number of carboxylic acid groups (broad SMARTS) is 1. The number of rotatable bonds is 28. The molecule has 58 heavy (non-hydrogen) atoms. The van der Waals surface area contributed by atoms with Gasteiger partial charge in [-0.2, -0.15) is 0 Å². The van der Waals surface area contributed by atoms with Crippen LogP contribution in [-0.4, -0.2) is 35.6 Å². The second-order valence-corrected chi connectivity index (χ2v) is 19.9. The Morgan fingerprint density at radius 2 is 1.28 bits per heavy atom. The molecule has 4 fully saturated rings. The standard InChI is InChI=1S/C52H87NO5/c1-5-6-7-8-9-10-11-12-13-14-15-16-17-18-19-20-21-22-23-24-25-26-27-28-50(57)58-43-35-37-51(3)42(39-43)30-31-44-46-33-32-45(52(46,4)38-36-47(44)51)41(2)29-34-48(54)53-40-49(55)56/h11-12,14-15,17-18,41-47H,5-10,13,16,19-40H2,1-4H3,(H,53,54)(H,55,56)/b12-11-,15-14-,18-17-. The van der Waals surface area contributed by atoms with Crippen LogP contribution in [0.2, 0.25) is 0 Å². The number of nitrogens with one attached hydrogen (secondary N) is 1. The molecule has 0 aromatic rings. The third-order valence-electron chi connectivity index (χ3n) is 16.0. The van der Waals surface area contributed by atoms with Crippen LogP contribution < -0.4 is 5.32 Å². The van der Waals surface area contributed by atoms with Crippen molar-refractivity contribution in [2.45, 2.75) is 220 Å². The Morgan fingerprint density at radius 3 is 1.93 bits per heavy atom. The van der Waals surface area contributed by atoms with E-state index in [1.54, 1.807) is 0 Å². The minimum absolute atomic E-state index is 0.0325. The Hall–Kier alpha value is -2.37. The summed E-state index contributed by atoms with van der Waals surface area (Å²) in [5.41, 5.74) is 0.700. The van der Waals surface area contributed by atoms with Gasteiger partial charge < -0.3 is 15.2 Å². The fourth-order valence-corrected chi connectivity index (χ4v) is 12.6. The lowest BCUT2D eigenvalue weighted by atomic mass is 9.44. The van der Waals surface area contributed by atoms with Gasteiger partial charge in [0, 0.05) is 12.8 Å². The zero-order valence-electron chi connectivity index (χ0n) is 37.8. The highest BCUT2D eigenvalue weighted by Gasteiger charge is 2.60. The topological polar surface area (TPSA) is 92.7 Å². The third-order valence-corrected chi connectivity index (χ3v) is 16.0. The normalized spacial score (nSPS) is 30.0. The van der Waals surface area contributed by atoms with Crippen molar-refractivity contribution in [3.05, 3.63) is 36.5 Å². The van der Waals surface area contributed by atoms with E-state index in [-0.39, 0.29) is 24.5 Å². The number of fused-ring (bicyclic) bond motifs is 5. The largest absolute Gasteiger partial charge is 0.480 e. The Kier molecular flexibility index (Phi) is 21.7. The molecule has 4 saturated carbocycles. The fraction of sp³-hybridized carbons (Fsp3) is 0.827. The predicted octanol–water partition coefficient (Wildman–Crippen LogP) is 13.9. The Bertz CT molecular complexity index is 1300. The molecule has 0 aliphatic heterocycles. The Labute approximate surface area is 355 Å². The number of unbranched alkanes of at least 4 members (excludes halogenated alkanes) is 13. The quantitative estimate of drug-likeness (QED) is 0.0467. The van der Waals surface area contributed by atoms with Gasteiger partial charge >= 0.3 is 11.9 Å². The molecule has 6 nitrogen and oxygen atoms in total. The van der Waals surface area contributed by atoms with Crippen molar-refractivity contribution in [1.29, 1.82) is 0 Å². The lowest BCUT2D eigenvalue weighted by molar-refractivity contribution is -0.162. The van der Waals surface area contributed by atoms with Crippen molar-refractivity contribution < 1.29 is 24.2 Å². The summed E-state index contributed by atoms with van der Waals surface area (Å²) in [5, 5.41) is 11.4. The molecule has 6 heteroatoms. The summed E-state index contributed by atoms with van der Waals surface area (Å²) in [4.78, 5) is 36.0. The Balaban J connectivity index is 1.01. The highest BCUT2D eigenvalue weighted by atomic mass is 16.5. The number of ether oxygens (including phenoxy) is 1. The van der Waals surface area contributed by atoms with Gasteiger partial charge in [0.15, 0.2) is 0 Å². The summed E-state index contributed by atoms with van der Waals surface area (Å²) in [5.74, 6) is 3.01. The summed E-state index contributed by atoms with van der Waals surface area (Å²) in [7, 11) is 0. The highest BCUT2D eigenvalue weighted by Crippen LogP contribution is 2.68. The number of carbonyl (C=O) groups excluding carboxylic acids is 2. The summed E-state index contributed by atoms with van der Waals surface area (Å²) in [6.45, 7) is 9.46. The first-order valence-corrected chi connectivity index (χ1v) is 24.7. The minimum atomic E-state index is -0.990. The number of aliphatic carboxylic acids is 1. The van der Waals surface area contributed by atoms with Crippen molar-refractivity contribution >= 4 is 17.8 Å². The van der Waals surface area contributed by atoms with Gasteiger partial charge in [-0.05, 0) is 155 Å². The molecule has 0 bridgehead atoms. The monoisotopic (exact) mass is 806 g/mol. The fourth-order valence-electron chi connectivity index (χ4n) is 12.6. The second-order valence-electron chi connectivity index (χ2n) is 19.9. The second kappa shape index (κ2) is 26.1. The molecule has 2 N–H and O–H groups in total. The van der Waals surface area contributed by atoms with Crippen molar-refractivity contribution in [2.24, 2.45) is 46.3 Å². The first kappa shape index (κ1) is 48.3. The van der Waals surface area contributed by atoms with Crippen LogP contribution in [0.25, 0.3) is 0 Å². The van der Waals surface area contributed by atoms with E-state index >= 15 is 0 Å². The molecule has 1 amide bonds. The summed E-state index contributed by atoms with van der Waals surface area (Å²) < 4.78 is 6.16. The van der Waals surface area contributed by atoms with Crippen LogP contribution in [0.5, 0.6) is 0 Å². The van der Waals surface area contributed by atoms with Crippen LogP contribution >= 0.6 is 0 Å². The Morgan fingerprint density at radius 1 is 0.690 bits per heavy atom. The van der Waals surface area contributed by atoms with Gasteiger partial charge in [0.25, 0.3) is 0 Å². The molecule has 330 valence electrons. The van der Waals surface area contributed by atoms with Crippen LogP contribution in [0.1, 0.15) is 214 Å². The van der Waals surface area contributed by atoms with Crippen molar-refractivity contribution in [3.8, 4) is 0 Å². The molecule has 9 atom stereocenters. The van der Waals surface area contributed by atoms with Gasteiger partial charge in [-0.1, -0.05) is 128 Å². The number of carboxylic acids is 1. The first-order valence-electron chi connectivity index (χ1n) is 24.7. The lowest BCUT2D eigenvalue weighted by Gasteiger charge is -2.61. The maximum Gasteiger partial charge on any atom is 0.322 e. The van der Waals surface area contributed by atoms with Crippen LogP contribution in [0.15, 0.2) is 36.5 Å². The van der Waals surface area contributed by atoms with Crippen molar-refractivity contribution in [2.75, 3.05) is 6.54 Å². The highest BCUT2D eigenvalue weighted by molar-refractivity contribution is 5.81. The van der Waals surface area contributed by atoms with E-state index in [9.17, 15) is 14.4 Å². The van der Waals surface area contributed by atoms with Crippen LogP contribution in [0, 0.1) is 46.3 Å². The van der Waals surface area contributed by atoms with E-state index < -0.39 is 5.97 Å². The van der Waals surface area contributed by atoms with E-state index in [0.29, 0.717) is 41.4 Å². The molecule has 0 radical (unpaired) electrons. The van der Waals surface area contributed by atoms with Gasteiger partial charge in [-0.25, -0.2) is 0 Å². The third kappa shape index (κ3) is 15.3. The number of hydrogen-bond acceptors (Lipinski definition) is 4. The number of esters is 1. The SMILES string of the molecule is CCCCCCC/C=C\C/C=C\C/C=C\CCCCCCCCCCC(=O)OC1CCC2(C)C(CCC3C2CCC2(C)C(C(C)CCC(=O)NCC(=O)O)CCC32)C1. The number of hydrogen-bond donors (Lipinski definition) is 2. The zero-order valence-corrected chi connectivity index (χ0v) is 37.8. The van der Waals surface area contributed by atoms with Gasteiger partial charge in [-0.3, -0.25) is 14.4 Å². The maximum atomic E-state index is 12.9. The molecule has 0 spiro atoms. The van der Waals surface area contributed by atoms with E-state index in [0.717, 1.165) is 62.7 Å². The maximum absolute atomic E-state index is 12.9. The van der Waals surface area contributed by atoms with Gasteiger partial charge in [-0.15, -0.1) is 0 Å².